The van der Waals surface area contributed by atoms with Crippen molar-refractivity contribution in [2.24, 2.45) is 0 Å². The molecular weight excluding hydrogens is 120 g/mol. The van der Waals surface area contributed by atoms with Gasteiger partial charge in [0.25, 0.3) is 0 Å². The Hall–Kier alpha value is -0.900. The molecule has 1 aliphatic rings. The van der Waals surface area contributed by atoms with Crippen LogP contribution < -0.4 is 10.6 Å². The van der Waals surface area contributed by atoms with Gasteiger partial charge in [0.1, 0.15) is 0 Å². The van der Waals surface area contributed by atoms with Crippen molar-refractivity contribution in [1.82, 2.24) is 10.6 Å². The van der Waals surface area contributed by atoms with Crippen LogP contribution in [0, 0.1) is 6.17 Å². The summed E-state index contributed by atoms with van der Waals surface area (Å²) in [5.41, 5.74) is 0. The zero-order valence-corrected chi connectivity index (χ0v) is 5.02. The van der Waals surface area contributed by atoms with Crippen LogP contribution in [0.25, 0.3) is 0 Å². The molecule has 4 nitrogen and oxygen atoms in total. The van der Waals surface area contributed by atoms with E-state index in [1.807, 2.05) is 0 Å². The summed E-state index contributed by atoms with van der Waals surface area (Å²) < 4.78 is 0. The van der Waals surface area contributed by atoms with Crippen LogP contribution in [0.2, 0.25) is 0 Å². The molecule has 0 unspecified atom stereocenters. The van der Waals surface area contributed by atoms with Gasteiger partial charge in [-0.05, 0) is 6.92 Å². The number of Topliss-reactive ketones (excluding diaryl/α,β-unsaturated/α-hetero) is 1. The number of ketones is 1. The van der Waals surface area contributed by atoms with Crippen LogP contribution in [-0.2, 0) is 9.59 Å². The Bertz CT molecular complexity index is 155. The second-order valence-electron chi connectivity index (χ2n) is 1.83. The third-order valence-electron chi connectivity index (χ3n) is 1.04. The van der Waals surface area contributed by atoms with E-state index in [2.05, 4.69) is 10.6 Å². The van der Waals surface area contributed by atoms with Gasteiger partial charge in [0.15, 0.2) is 11.9 Å². The van der Waals surface area contributed by atoms with Crippen molar-refractivity contribution in [3.8, 4) is 0 Å². The highest BCUT2D eigenvalue weighted by Gasteiger charge is 2.24. The van der Waals surface area contributed by atoms with E-state index >= 15 is 0 Å². The van der Waals surface area contributed by atoms with Crippen molar-refractivity contribution in [3.63, 3.8) is 0 Å². The average Bonchev–Trinajstić information content (AvgIpc) is 2.14. The molecule has 0 atom stereocenters. The van der Waals surface area contributed by atoms with Crippen LogP contribution in [0.15, 0.2) is 0 Å². The Morgan fingerprint density at radius 2 is 2.33 bits per heavy atom. The molecule has 2 N–H and O–H groups in total. The number of hydrogen-bond donors (Lipinski definition) is 2. The van der Waals surface area contributed by atoms with Gasteiger partial charge < -0.3 is 5.32 Å². The number of rotatable bonds is 1. The number of carbonyl (C=O) groups excluding carboxylic acids is 2. The molecule has 1 rings (SSSR count). The SMILES string of the molecule is CC(=O)[C]1NCC(=O)N1. The standard InChI is InChI=1S/C5H7N2O2/c1-3(8)5-6-2-4(9)7-5/h6H,2H2,1H3,(H,7,9). The minimum atomic E-state index is -0.153. The topological polar surface area (TPSA) is 58.2 Å². The minimum absolute atomic E-state index is 0.138. The van der Waals surface area contributed by atoms with Gasteiger partial charge in [-0.1, -0.05) is 0 Å². The predicted molar refractivity (Wildman–Crippen MR) is 30.1 cm³/mol. The molecule has 0 spiro atoms. The summed E-state index contributed by atoms with van der Waals surface area (Å²) in [6, 6.07) is 0. The zero-order chi connectivity index (χ0) is 6.85. The lowest BCUT2D eigenvalue weighted by Crippen LogP contribution is -2.28. The molecule has 0 aromatic rings. The molecule has 9 heavy (non-hydrogen) atoms. The summed E-state index contributed by atoms with van der Waals surface area (Å²) in [6.07, 6.45) is 0.306. The van der Waals surface area contributed by atoms with Crippen molar-refractivity contribution in [3.05, 3.63) is 6.17 Å². The number of amides is 1. The van der Waals surface area contributed by atoms with E-state index in [1.54, 1.807) is 0 Å². The highest BCUT2D eigenvalue weighted by atomic mass is 16.2. The summed E-state index contributed by atoms with van der Waals surface area (Å²) in [6.45, 7) is 1.61. The van der Waals surface area contributed by atoms with Gasteiger partial charge in [-0.15, -0.1) is 0 Å². The predicted octanol–water partition coefficient (Wildman–Crippen LogP) is -1.22. The van der Waals surface area contributed by atoms with Crippen molar-refractivity contribution < 1.29 is 9.59 Å². The molecule has 49 valence electrons. The van der Waals surface area contributed by atoms with Gasteiger partial charge in [-0.2, -0.15) is 0 Å². The maximum Gasteiger partial charge on any atom is 0.235 e. The zero-order valence-electron chi connectivity index (χ0n) is 5.02. The molecule has 1 amide bonds. The maximum atomic E-state index is 10.5. The Morgan fingerprint density at radius 1 is 1.67 bits per heavy atom. The molecule has 1 saturated heterocycles. The van der Waals surface area contributed by atoms with Crippen LogP contribution >= 0.6 is 0 Å². The van der Waals surface area contributed by atoms with E-state index in [1.165, 1.54) is 6.92 Å². The Kier molecular flexibility index (Phi) is 1.48. The molecular formula is C5H7N2O2. The van der Waals surface area contributed by atoms with E-state index in [0.29, 0.717) is 6.17 Å². The lowest BCUT2D eigenvalue weighted by atomic mass is 10.4. The minimum Gasteiger partial charge on any atom is -0.327 e. The highest BCUT2D eigenvalue weighted by molar-refractivity contribution is 5.97. The number of carbonyl (C=O) groups is 2. The van der Waals surface area contributed by atoms with Crippen molar-refractivity contribution in [2.45, 2.75) is 6.92 Å². The smallest absolute Gasteiger partial charge is 0.235 e. The summed E-state index contributed by atoms with van der Waals surface area (Å²) in [4.78, 5) is 20.9. The van der Waals surface area contributed by atoms with Crippen molar-refractivity contribution in [2.75, 3.05) is 6.54 Å². The molecule has 0 aromatic heterocycles. The summed E-state index contributed by atoms with van der Waals surface area (Å²) in [5.74, 6) is -0.291. The fraction of sp³-hybridized carbons (Fsp3) is 0.400. The number of hydrogen-bond acceptors (Lipinski definition) is 3. The van der Waals surface area contributed by atoms with E-state index in [4.69, 9.17) is 0 Å². The summed E-state index contributed by atoms with van der Waals surface area (Å²) in [5, 5.41) is 4.98. The van der Waals surface area contributed by atoms with Gasteiger partial charge in [-0.25, -0.2) is 0 Å². The average molecular weight is 127 g/mol. The molecule has 1 fully saturated rings. The van der Waals surface area contributed by atoms with Crippen LogP contribution in [0.3, 0.4) is 0 Å². The van der Waals surface area contributed by atoms with Gasteiger partial charge in [0.05, 0.1) is 6.54 Å². The molecule has 0 saturated carbocycles. The quantitative estimate of drug-likeness (QED) is 0.464. The Labute approximate surface area is 52.6 Å². The monoisotopic (exact) mass is 127 g/mol. The molecule has 1 heterocycles. The van der Waals surface area contributed by atoms with Gasteiger partial charge >= 0.3 is 0 Å². The molecule has 1 aliphatic heterocycles. The first kappa shape index (κ1) is 6.22. The van der Waals surface area contributed by atoms with Crippen molar-refractivity contribution >= 4 is 11.7 Å². The van der Waals surface area contributed by atoms with Crippen molar-refractivity contribution in [1.29, 1.82) is 0 Å². The number of nitrogens with one attached hydrogen (secondary N) is 2. The summed E-state index contributed by atoms with van der Waals surface area (Å²) >= 11 is 0. The lowest BCUT2D eigenvalue weighted by Gasteiger charge is -2.00. The molecule has 4 heteroatoms. The van der Waals surface area contributed by atoms with E-state index < -0.39 is 0 Å². The fourth-order valence-electron chi connectivity index (χ4n) is 0.609. The second kappa shape index (κ2) is 2.14. The molecule has 0 aliphatic carbocycles. The first-order valence-corrected chi connectivity index (χ1v) is 2.62. The second-order valence-corrected chi connectivity index (χ2v) is 1.83. The van der Waals surface area contributed by atoms with E-state index in [0.717, 1.165) is 0 Å². The van der Waals surface area contributed by atoms with Crippen LogP contribution in [0.1, 0.15) is 6.92 Å². The first-order chi connectivity index (χ1) is 4.20. The maximum absolute atomic E-state index is 10.5. The molecule has 1 radical (unpaired) electrons. The Morgan fingerprint density at radius 3 is 2.56 bits per heavy atom. The van der Waals surface area contributed by atoms with Gasteiger partial charge in [0.2, 0.25) is 5.91 Å². The first-order valence-electron chi connectivity index (χ1n) is 2.62. The van der Waals surface area contributed by atoms with E-state index in [-0.39, 0.29) is 18.2 Å². The third-order valence-corrected chi connectivity index (χ3v) is 1.04. The van der Waals surface area contributed by atoms with E-state index in [9.17, 15) is 9.59 Å². The molecule has 0 bridgehead atoms. The van der Waals surface area contributed by atoms with Crippen LogP contribution in [0.5, 0.6) is 0 Å². The fourth-order valence-corrected chi connectivity index (χ4v) is 0.609. The highest BCUT2D eigenvalue weighted by Crippen LogP contribution is 1.95. The normalized spacial score (nSPS) is 19.9. The Balaban J connectivity index is 2.48. The third kappa shape index (κ3) is 1.26. The van der Waals surface area contributed by atoms with Gasteiger partial charge in [-0.3, -0.25) is 14.9 Å². The van der Waals surface area contributed by atoms with Gasteiger partial charge in [0, 0.05) is 0 Å². The lowest BCUT2D eigenvalue weighted by molar-refractivity contribution is -0.120. The largest absolute Gasteiger partial charge is 0.327 e. The van der Waals surface area contributed by atoms with Crippen LogP contribution in [0.4, 0.5) is 0 Å². The summed E-state index contributed by atoms with van der Waals surface area (Å²) in [7, 11) is 0. The van der Waals surface area contributed by atoms with Crippen LogP contribution in [-0.4, -0.2) is 18.2 Å². The molecule has 0 aromatic carbocycles.